The number of hydrogen-bond acceptors (Lipinski definition) is 1. The molecule has 0 fully saturated rings. The molecule has 0 saturated carbocycles. The Hall–Kier alpha value is -7.94. The Morgan fingerprint density at radius 3 is 1.28 bits per heavy atom. The highest BCUT2D eigenvalue weighted by molar-refractivity contribution is 6.25. The van der Waals surface area contributed by atoms with Gasteiger partial charge in [-0.15, -0.1) is 0 Å². The zero-order chi connectivity index (χ0) is 39.3. The minimum Gasteiger partial charge on any atom is -0.455 e. The van der Waals surface area contributed by atoms with Gasteiger partial charge >= 0.3 is 0 Å². The third-order valence-electron chi connectivity index (χ3n) is 12.8. The lowest BCUT2D eigenvalue weighted by atomic mass is 9.85. The van der Waals surface area contributed by atoms with Crippen molar-refractivity contribution in [3.05, 3.63) is 212 Å². The highest BCUT2D eigenvalue weighted by Gasteiger charge is 2.23. The average molecular weight is 762 g/mol. The molecule has 2 heteroatoms. The second kappa shape index (κ2) is 12.8. The van der Waals surface area contributed by atoms with Crippen molar-refractivity contribution in [1.29, 1.82) is 0 Å². The molecule has 0 spiro atoms. The molecule has 0 N–H and O–H groups in total. The molecule has 0 atom stereocenters. The van der Waals surface area contributed by atoms with Gasteiger partial charge in [-0.2, -0.15) is 0 Å². The summed E-state index contributed by atoms with van der Waals surface area (Å²) in [6.45, 7) is 0. The van der Waals surface area contributed by atoms with Crippen LogP contribution in [0.1, 0.15) is 0 Å². The van der Waals surface area contributed by atoms with Crippen LogP contribution >= 0.6 is 0 Å². The second-order valence-electron chi connectivity index (χ2n) is 15.9. The molecule has 278 valence electrons. The van der Waals surface area contributed by atoms with Crippen LogP contribution in [0.15, 0.2) is 217 Å². The number of furan rings is 1. The summed E-state index contributed by atoms with van der Waals surface area (Å²) in [4.78, 5) is 0. The van der Waals surface area contributed by atoms with Crippen LogP contribution in [-0.4, -0.2) is 4.57 Å². The monoisotopic (exact) mass is 761 g/mol. The van der Waals surface area contributed by atoms with Gasteiger partial charge in [0.1, 0.15) is 11.2 Å². The second-order valence-corrected chi connectivity index (χ2v) is 15.9. The normalized spacial score (nSPS) is 12.0. The standard InChI is InChI=1S/C58H35NO/c1-2-17-36(18-3-1)54-41-21-4-6-23-43(41)56(44-24-7-5-22-42(44)54)50-30-16-29-49-40-34-33-37(35-53(40)60-58(49)50)55-45-25-8-10-27-47(45)57(48-28-11-9-26-46(48)55)59-51-31-14-12-19-38(51)39-20-13-15-32-52(39)59/h1-35H. The average Bonchev–Trinajstić information content (AvgIpc) is 3.86. The van der Waals surface area contributed by atoms with Gasteiger partial charge in [0.2, 0.25) is 0 Å². The number of nitrogens with zero attached hydrogens (tertiary/aromatic N) is 1. The van der Waals surface area contributed by atoms with E-state index in [0.717, 1.165) is 33.1 Å². The molecule has 0 aliphatic rings. The zero-order valence-corrected chi connectivity index (χ0v) is 32.6. The minimum atomic E-state index is 0.879. The summed E-state index contributed by atoms with van der Waals surface area (Å²) >= 11 is 0. The topological polar surface area (TPSA) is 18.1 Å². The SMILES string of the molecule is c1ccc(-c2c3ccccc3c(-c3cccc4c3oc3cc(-c5c6ccccc6c(-n6c7ccccc7c7ccccc76)c6ccccc56)ccc34)c3ccccc23)cc1. The molecule has 13 rings (SSSR count). The summed E-state index contributed by atoms with van der Waals surface area (Å²) in [5.41, 5.74) is 12.5. The summed E-state index contributed by atoms with van der Waals surface area (Å²) in [6, 6.07) is 77.3. The van der Waals surface area contributed by atoms with Crippen molar-refractivity contribution in [3.8, 4) is 39.1 Å². The van der Waals surface area contributed by atoms with E-state index in [1.165, 1.54) is 92.8 Å². The summed E-state index contributed by atoms with van der Waals surface area (Å²) < 4.78 is 9.59. The minimum absolute atomic E-state index is 0.879. The Morgan fingerprint density at radius 2 is 0.717 bits per heavy atom. The van der Waals surface area contributed by atoms with Gasteiger partial charge in [0.15, 0.2) is 0 Å². The Kier molecular flexibility index (Phi) is 7.05. The van der Waals surface area contributed by atoms with Crippen LogP contribution in [0.25, 0.3) is 126 Å². The van der Waals surface area contributed by atoms with Gasteiger partial charge in [-0.05, 0) is 78.8 Å². The number of benzene rings is 11. The molecule has 0 aliphatic heterocycles. The van der Waals surface area contributed by atoms with Crippen LogP contribution in [-0.2, 0) is 0 Å². The highest BCUT2D eigenvalue weighted by Crippen LogP contribution is 2.48. The molecule has 0 bridgehead atoms. The van der Waals surface area contributed by atoms with Crippen molar-refractivity contribution < 1.29 is 4.42 Å². The van der Waals surface area contributed by atoms with Gasteiger partial charge in [-0.25, -0.2) is 0 Å². The Morgan fingerprint density at radius 1 is 0.283 bits per heavy atom. The maximum absolute atomic E-state index is 7.11. The van der Waals surface area contributed by atoms with Crippen LogP contribution in [0.3, 0.4) is 0 Å². The Bertz CT molecular complexity index is 3720. The summed E-state index contributed by atoms with van der Waals surface area (Å²) in [5.74, 6) is 0. The number of hydrogen-bond donors (Lipinski definition) is 0. The third kappa shape index (κ3) is 4.64. The molecule has 0 radical (unpaired) electrons. The highest BCUT2D eigenvalue weighted by atomic mass is 16.3. The summed E-state index contributed by atoms with van der Waals surface area (Å²) in [5, 5.41) is 14.5. The van der Waals surface area contributed by atoms with Crippen molar-refractivity contribution in [2.75, 3.05) is 0 Å². The van der Waals surface area contributed by atoms with E-state index in [2.05, 4.69) is 217 Å². The van der Waals surface area contributed by atoms with Crippen LogP contribution in [0.2, 0.25) is 0 Å². The maximum atomic E-state index is 7.11. The maximum Gasteiger partial charge on any atom is 0.143 e. The van der Waals surface area contributed by atoms with E-state index in [-0.39, 0.29) is 0 Å². The van der Waals surface area contributed by atoms with Gasteiger partial charge in [0.25, 0.3) is 0 Å². The molecule has 60 heavy (non-hydrogen) atoms. The predicted molar refractivity (Wildman–Crippen MR) is 254 cm³/mol. The lowest BCUT2D eigenvalue weighted by Gasteiger charge is -2.19. The van der Waals surface area contributed by atoms with Crippen LogP contribution in [0, 0.1) is 0 Å². The molecule has 0 saturated heterocycles. The fourth-order valence-corrected chi connectivity index (χ4v) is 10.3. The quantitative estimate of drug-likeness (QED) is 0.163. The van der Waals surface area contributed by atoms with Gasteiger partial charge in [0, 0.05) is 43.4 Å². The smallest absolute Gasteiger partial charge is 0.143 e. The van der Waals surface area contributed by atoms with Crippen molar-refractivity contribution in [2.45, 2.75) is 0 Å². The molecular formula is C58H35NO. The molecule has 2 heterocycles. The van der Waals surface area contributed by atoms with Crippen molar-refractivity contribution in [3.63, 3.8) is 0 Å². The molecule has 0 aliphatic carbocycles. The first-order chi connectivity index (χ1) is 29.8. The fraction of sp³-hybridized carbons (Fsp3) is 0. The molecule has 0 unspecified atom stereocenters. The Balaban J connectivity index is 1.07. The van der Waals surface area contributed by atoms with Crippen LogP contribution in [0.5, 0.6) is 0 Å². The lowest BCUT2D eigenvalue weighted by Crippen LogP contribution is -1.99. The van der Waals surface area contributed by atoms with Crippen molar-refractivity contribution in [2.24, 2.45) is 0 Å². The first kappa shape index (κ1) is 33.1. The summed E-state index contributed by atoms with van der Waals surface area (Å²) in [7, 11) is 0. The largest absolute Gasteiger partial charge is 0.455 e. The predicted octanol–water partition coefficient (Wildman–Crippen LogP) is 16.3. The van der Waals surface area contributed by atoms with E-state index < -0.39 is 0 Å². The van der Waals surface area contributed by atoms with Gasteiger partial charge in [-0.1, -0.05) is 188 Å². The third-order valence-corrected chi connectivity index (χ3v) is 12.8. The van der Waals surface area contributed by atoms with E-state index in [1.807, 2.05) is 0 Å². The first-order valence-electron chi connectivity index (χ1n) is 20.7. The van der Waals surface area contributed by atoms with E-state index >= 15 is 0 Å². The zero-order valence-electron chi connectivity index (χ0n) is 32.6. The number of aromatic nitrogens is 1. The van der Waals surface area contributed by atoms with Gasteiger partial charge in [-0.3, -0.25) is 0 Å². The lowest BCUT2D eigenvalue weighted by molar-refractivity contribution is 0.670. The van der Waals surface area contributed by atoms with E-state index in [4.69, 9.17) is 4.42 Å². The molecular weight excluding hydrogens is 727 g/mol. The molecule has 0 amide bonds. The molecule has 13 aromatic rings. The van der Waals surface area contributed by atoms with Crippen LogP contribution in [0.4, 0.5) is 0 Å². The molecule has 2 aromatic heterocycles. The van der Waals surface area contributed by atoms with E-state index in [1.54, 1.807) is 0 Å². The van der Waals surface area contributed by atoms with Crippen molar-refractivity contribution in [1.82, 2.24) is 4.57 Å². The van der Waals surface area contributed by atoms with Gasteiger partial charge in [0.05, 0.1) is 16.7 Å². The number of rotatable bonds is 4. The van der Waals surface area contributed by atoms with Gasteiger partial charge < -0.3 is 8.98 Å². The van der Waals surface area contributed by atoms with Crippen molar-refractivity contribution >= 4 is 86.8 Å². The molecule has 2 nitrogen and oxygen atoms in total. The fourth-order valence-electron chi connectivity index (χ4n) is 10.3. The Labute approximate surface area is 345 Å². The summed E-state index contributed by atoms with van der Waals surface area (Å²) in [6.07, 6.45) is 0. The first-order valence-corrected chi connectivity index (χ1v) is 20.7. The van der Waals surface area contributed by atoms with E-state index in [9.17, 15) is 0 Å². The number of fused-ring (bicyclic) bond motifs is 10. The number of para-hydroxylation sites is 3. The molecule has 11 aromatic carbocycles. The van der Waals surface area contributed by atoms with Crippen LogP contribution < -0.4 is 0 Å². The van der Waals surface area contributed by atoms with E-state index in [0.29, 0.717) is 0 Å².